The first-order chi connectivity index (χ1) is 11.4. The molecule has 0 spiro atoms. The molecule has 9 nitrogen and oxygen atoms in total. The van der Waals surface area contributed by atoms with Gasteiger partial charge < -0.3 is 16.2 Å². The zero-order valence-corrected chi connectivity index (χ0v) is 14.1. The van der Waals surface area contributed by atoms with Gasteiger partial charge in [-0.1, -0.05) is 6.08 Å². The summed E-state index contributed by atoms with van der Waals surface area (Å²) in [5, 5.41) is 11.6. The van der Waals surface area contributed by atoms with E-state index in [0.29, 0.717) is 5.75 Å². The van der Waals surface area contributed by atoms with Crippen molar-refractivity contribution in [2.45, 2.75) is 18.3 Å². The summed E-state index contributed by atoms with van der Waals surface area (Å²) in [6.45, 7) is 1.65. The normalized spacial score (nSPS) is 23.2. The van der Waals surface area contributed by atoms with Gasteiger partial charge in [0.1, 0.15) is 17.1 Å². The van der Waals surface area contributed by atoms with Crippen molar-refractivity contribution in [2.24, 2.45) is 0 Å². The molecule has 3 heterocycles. The topological polar surface area (TPSA) is 139 Å². The summed E-state index contributed by atoms with van der Waals surface area (Å²) in [4.78, 5) is 41.0. The summed E-state index contributed by atoms with van der Waals surface area (Å²) in [5.41, 5.74) is 5.69. The van der Waals surface area contributed by atoms with E-state index in [2.05, 4.69) is 14.7 Å². The molecule has 0 bridgehead atoms. The van der Waals surface area contributed by atoms with Crippen LogP contribution < -0.4 is 11.1 Å². The Hall–Kier alpha value is -2.40. The van der Waals surface area contributed by atoms with E-state index in [1.807, 2.05) is 0 Å². The minimum atomic E-state index is -1.16. The quantitative estimate of drug-likeness (QED) is 0.495. The number of carboxylic acid groups (broad SMARTS) is 1. The molecule has 0 aliphatic carbocycles. The molecule has 1 aromatic heterocycles. The number of nitrogens with two attached hydrogens (primary N) is 1. The van der Waals surface area contributed by atoms with Crippen LogP contribution in [0.15, 0.2) is 17.8 Å². The number of aliphatic carboxylic acids is 1. The van der Waals surface area contributed by atoms with Crippen molar-refractivity contribution in [3.05, 3.63) is 23.7 Å². The minimum absolute atomic E-state index is 0.0468. The molecule has 1 unspecified atom stereocenters. The van der Waals surface area contributed by atoms with E-state index in [9.17, 15) is 14.4 Å². The Bertz CT molecular complexity index is 787. The van der Waals surface area contributed by atoms with Gasteiger partial charge in [0, 0.05) is 17.3 Å². The molecule has 24 heavy (non-hydrogen) atoms. The van der Waals surface area contributed by atoms with E-state index in [4.69, 9.17) is 10.8 Å². The number of aromatic nitrogens is 2. The van der Waals surface area contributed by atoms with E-state index in [0.717, 1.165) is 11.5 Å². The molecule has 1 saturated heterocycles. The number of amides is 2. The van der Waals surface area contributed by atoms with Crippen molar-refractivity contribution < 1.29 is 19.5 Å². The predicted octanol–water partition coefficient (Wildman–Crippen LogP) is -0.108. The summed E-state index contributed by atoms with van der Waals surface area (Å²) in [5.74, 6) is -1.45. The van der Waals surface area contributed by atoms with Crippen LogP contribution in [0.25, 0.3) is 5.57 Å². The lowest BCUT2D eigenvalue weighted by atomic mass is 10.0. The standard InChI is InChI=1S/C13H13N5O4S2/c1-2-5(8-16-13(14)24-17-8)9(19)15-7-10(20)18-6(12(21)22)3-4-23-11(7)18/h2-3,7,11H,4H2,1H3,(H,15,19)(H,21,22)(H2,14,16,17)/b5-2-/t7?,11-/m1/s1. The maximum absolute atomic E-state index is 12.4. The van der Waals surface area contributed by atoms with Crippen molar-refractivity contribution in [3.63, 3.8) is 0 Å². The Balaban J connectivity index is 1.73. The summed E-state index contributed by atoms with van der Waals surface area (Å²) in [6.07, 6.45) is 3.02. The second-order valence-electron chi connectivity index (χ2n) is 4.94. The van der Waals surface area contributed by atoms with E-state index >= 15 is 0 Å². The average Bonchev–Trinajstić information content (AvgIpc) is 2.98. The molecule has 2 aliphatic rings. The number of rotatable bonds is 4. The van der Waals surface area contributed by atoms with E-state index in [1.54, 1.807) is 6.92 Å². The van der Waals surface area contributed by atoms with Crippen LogP contribution in [-0.2, 0) is 14.4 Å². The van der Waals surface area contributed by atoms with Gasteiger partial charge in [-0.05, 0) is 13.0 Å². The monoisotopic (exact) mass is 367 g/mol. The molecule has 11 heteroatoms. The Morgan fingerprint density at radius 2 is 2.29 bits per heavy atom. The third-order valence-electron chi connectivity index (χ3n) is 3.57. The van der Waals surface area contributed by atoms with E-state index in [-0.39, 0.29) is 22.2 Å². The first kappa shape index (κ1) is 16.5. The number of carboxylic acids is 1. The van der Waals surface area contributed by atoms with Crippen LogP contribution in [0.1, 0.15) is 12.7 Å². The van der Waals surface area contributed by atoms with Gasteiger partial charge in [-0.2, -0.15) is 9.36 Å². The van der Waals surface area contributed by atoms with E-state index in [1.165, 1.54) is 28.8 Å². The smallest absolute Gasteiger partial charge is 0.352 e. The number of β-lactam (4-membered cyclic amide) rings is 1. The maximum Gasteiger partial charge on any atom is 0.352 e. The molecule has 126 valence electrons. The van der Waals surface area contributed by atoms with Crippen LogP contribution in [0.3, 0.4) is 0 Å². The van der Waals surface area contributed by atoms with Crippen molar-refractivity contribution in [2.75, 3.05) is 11.5 Å². The molecule has 0 radical (unpaired) electrons. The first-order valence-corrected chi connectivity index (χ1v) is 8.71. The second-order valence-corrected chi connectivity index (χ2v) is 6.87. The minimum Gasteiger partial charge on any atom is -0.477 e. The van der Waals surface area contributed by atoms with Gasteiger partial charge in [-0.3, -0.25) is 14.5 Å². The number of nitrogens with one attached hydrogen (secondary N) is 1. The van der Waals surface area contributed by atoms with E-state index < -0.39 is 29.2 Å². The number of allylic oxidation sites excluding steroid dienone is 1. The van der Waals surface area contributed by atoms with Crippen LogP contribution >= 0.6 is 23.3 Å². The van der Waals surface area contributed by atoms with Crippen LogP contribution in [-0.4, -0.2) is 54.3 Å². The van der Waals surface area contributed by atoms with Gasteiger partial charge in [-0.15, -0.1) is 11.8 Å². The summed E-state index contributed by atoms with van der Waals surface area (Å²) >= 11 is 2.36. The number of nitrogen functional groups attached to an aromatic ring is 1. The van der Waals surface area contributed by atoms with Crippen LogP contribution in [0.2, 0.25) is 0 Å². The zero-order chi connectivity index (χ0) is 17.4. The number of anilines is 1. The fourth-order valence-electron chi connectivity index (χ4n) is 2.46. The van der Waals surface area contributed by atoms with Gasteiger partial charge in [0.25, 0.3) is 11.8 Å². The van der Waals surface area contributed by atoms with Crippen molar-refractivity contribution >= 4 is 51.8 Å². The number of fused-ring (bicyclic) bond motifs is 1. The molecular weight excluding hydrogens is 354 g/mol. The molecule has 0 saturated carbocycles. The van der Waals surface area contributed by atoms with Gasteiger partial charge in [-0.25, -0.2) is 4.79 Å². The number of hydrogen-bond acceptors (Lipinski definition) is 8. The molecule has 0 aromatic carbocycles. The maximum atomic E-state index is 12.4. The highest BCUT2D eigenvalue weighted by Gasteiger charge is 2.52. The highest BCUT2D eigenvalue weighted by molar-refractivity contribution is 8.00. The summed E-state index contributed by atoms with van der Waals surface area (Å²) in [6, 6.07) is -0.781. The number of thioether (sulfide) groups is 1. The molecule has 1 fully saturated rings. The SMILES string of the molecule is C/C=C(\C(=O)NC1C(=O)N2C(C(=O)O)=CCS[C@H]12)c1nsc(N)n1. The lowest BCUT2D eigenvalue weighted by molar-refractivity contribution is -0.150. The van der Waals surface area contributed by atoms with Crippen molar-refractivity contribution in [1.82, 2.24) is 19.6 Å². The third-order valence-corrected chi connectivity index (χ3v) is 5.29. The molecule has 3 rings (SSSR count). The fraction of sp³-hybridized carbons (Fsp3) is 0.308. The molecular formula is C13H13N5O4S2. The highest BCUT2D eigenvalue weighted by atomic mass is 32.2. The molecule has 4 N–H and O–H groups in total. The second kappa shape index (κ2) is 6.24. The third kappa shape index (κ3) is 2.65. The fourth-order valence-corrected chi connectivity index (χ4v) is 4.10. The predicted molar refractivity (Wildman–Crippen MR) is 88.7 cm³/mol. The van der Waals surface area contributed by atoms with Crippen molar-refractivity contribution in [1.29, 1.82) is 0 Å². The summed E-state index contributed by atoms with van der Waals surface area (Å²) < 4.78 is 3.98. The average molecular weight is 367 g/mol. The number of nitrogens with zero attached hydrogens (tertiary/aromatic N) is 3. The Labute approximate surface area is 144 Å². The number of carbonyl (C=O) groups is 3. The zero-order valence-electron chi connectivity index (χ0n) is 12.4. The van der Waals surface area contributed by atoms with Crippen LogP contribution in [0.5, 0.6) is 0 Å². The Morgan fingerprint density at radius 1 is 1.54 bits per heavy atom. The number of hydrogen-bond donors (Lipinski definition) is 3. The van der Waals surface area contributed by atoms with Gasteiger partial charge in [0.2, 0.25) is 0 Å². The highest BCUT2D eigenvalue weighted by Crippen LogP contribution is 2.37. The van der Waals surface area contributed by atoms with Crippen LogP contribution in [0, 0.1) is 0 Å². The molecule has 2 amide bonds. The number of carbonyl (C=O) groups excluding carboxylic acids is 2. The molecule has 2 atom stereocenters. The van der Waals surface area contributed by atoms with Gasteiger partial charge >= 0.3 is 5.97 Å². The largest absolute Gasteiger partial charge is 0.477 e. The lowest BCUT2D eigenvalue weighted by Crippen LogP contribution is -2.70. The van der Waals surface area contributed by atoms with Gasteiger partial charge in [0.05, 0.1) is 5.57 Å². The van der Waals surface area contributed by atoms with Crippen molar-refractivity contribution in [3.8, 4) is 0 Å². The Kier molecular flexibility index (Phi) is 4.28. The summed E-state index contributed by atoms with van der Waals surface area (Å²) in [7, 11) is 0. The Morgan fingerprint density at radius 3 is 2.88 bits per heavy atom. The molecule has 1 aromatic rings. The first-order valence-electron chi connectivity index (χ1n) is 6.89. The van der Waals surface area contributed by atoms with Gasteiger partial charge in [0.15, 0.2) is 11.0 Å². The molecule has 2 aliphatic heterocycles. The van der Waals surface area contributed by atoms with Crippen LogP contribution in [0.4, 0.5) is 5.13 Å². The lowest BCUT2D eigenvalue weighted by Gasteiger charge is -2.48.